The molecule has 0 aromatic heterocycles. The average Bonchev–Trinajstić information content (AvgIpc) is 2.56. The summed E-state index contributed by atoms with van der Waals surface area (Å²) in [7, 11) is 1.99. The molecule has 0 heterocycles. The lowest BCUT2D eigenvalue weighted by Gasteiger charge is -2.12. The highest BCUT2D eigenvalue weighted by molar-refractivity contribution is 5.64. The normalized spacial score (nSPS) is 11.0. The molecule has 0 saturated carbocycles. The first-order valence-electron chi connectivity index (χ1n) is 7.98. The Kier molecular flexibility index (Phi) is 5.68. The predicted molar refractivity (Wildman–Crippen MR) is 98.3 cm³/mol. The molecule has 0 aliphatic rings. The van der Waals surface area contributed by atoms with E-state index in [4.69, 9.17) is 0 Å². The number of nitro groups is 1. The molecule has 2 rings (SSSR count). The highest BCUT2D eigenvalue weighted by Gasteiger charge is 2.09. The largest absolute Gasteiger partial charge is 0.366 e. The summed E-state index contributed by atoms with van der Waals surface area (Å²) < 4.78 is 0. The summed E-state index contributed by atoms with van der Waals surface area (Å²) in [6.45, 7) is 7.07. The number of aliphatic imine (C=N–C) groups is 1. The van der Waals surface area contributed by atoms with Gasteiger partial charge in [0.05, 0.1) is 16.9 Å². The van der Waals surface area contributed by atoms with Crippen molar-refractivity contribution in [1.29, 1.82) is 0 Å². The summed E-state index contributed by atoms with van der Waals surface area (Å²) in [6, 6.07) is 11.0. The third-order valence-electron chi connectivity index (χ3n) is 4.06. The lowest BCUT2D eigenvalue weighted by molar-refractivity contribution is -0.384. The molecular weight excluding hydrogens is 302 g/mol. The van der Waals surface area contributed by atoms with Crippen LogP contribution in [0.2, 0.25) is 0 Å². The number of hydrogen-bond donors (Lipinski definition) is 0. The van der Waals surface area contributed by atoms with Gasteiger partial charge in [-0.25, -0.2) is 4.99 Å². The highest BCUT2D eigenvalue weighted by atomic mass is 16.6. The quantitative estimate of drug-likeness (QED) is 0.342. The van der Waals surface area contributed by atoms with Gasteiger partial charge in [-0.2, -0.15) is 0 Å². The fraction of sp³-hybridized carbons (Fsp3) is 0.316. The van der Waals surface area contributed by atoms with Crippen molar-refractivity contribution in [3.8, 4) is 0 Å². The van der Waals surface area contributed by atoms with Crippen molar-refractivity contribution in [3.05, 3.63) is 68.8 Å². The molecule has 24 heavy (non-hydrogen) atoms. The zero-order chi connectivity index (χ0) is 17.7. The molecule has 0 aliphatic heterocycles. The van der Waals surface area contributed by atoms with Crippen LogP contribution in [0.3, 0.4) is 0 Å². The van der Waals surface area contributed by atoms with Crippen molar-refractivity contribution in [3.63, 3.8) is 0 Å². The van der Waals surface area contributed by atoms with E-state index in [1.807, 2.05) is 31.3 Å². The molecule has 0 bridgehead atoms. The van der Waals surface area contributed by atoms with Gasteiger partial charge in [0.1, 0.15) is 0 Å². The van der Waals surface area contributed by atoms with Crippen LogP contribution in [0, 0.1) is 24.0 Å². The van der Waals surface area contributed by atoms with Crippen molar-refractivity contribution in [2.45, 2.75) is 27.2 Å². The summed E-state index contributed by atoms with van der Waals surface area (Å²) in [5.74, 6) is 0. The maximum atomic E-state index is 10.9. The second-order valence-corrected chi connectivity index (χ2v) is 5.99. The van der Waals surface area contributed by atoms with E-state index >= 15 is 0 Å². The number of nitro benzene ring substituents is 1. The van der Waals surface area contributed by atoms with Crippen LogP contribution in [-0.4, -0.2) is 29.8 Å². The Balaban J connectivity index is 2.26. The molecule has 0 saturated heterocycles. The van der Waals surface area contributed by atoms with Crippen LogP contribution < -0.4 is 0 Å². The average molecular weight is 325 g/mol. The van der Waals surface area contributed by atoms with Crippen LogP contribution in [0.5, 0.6) is 0 Å². The molecule has 126 valence electrons. The third kappa shape index (κ3) is 4.41. The Hall–Kier alpha value is -2.69. The van der Waals surface area contributed by atoms with Gasteiger partial charge < -0.3 is 4.90 Å². The van der Waals surface area contributed by atoms with Crippen LogP contribution >= 0.6 is 0 Å². The van der Waals surface area contributed by atoms with Gasteiger partial charge in [0.25, 0.3) is 5.69 Å². The zero-order valence-electron chi connectivity index (χ0n) is 14.6. The standard InChI is InChI=1S/C19H23N3O2/c1-5-21(4)13-20-19-10-14(2)17(9-15(19)3)11-16-7-6-8-18(12-16)22(23)24/h6-10,12-13H,5,11H2,1-4H3. The molecule has 2 aromatic rings. The van der Waals surface area contributed by atoms with Gasteiger partial charge in [-0.15, -0.1) is 0 Å². The topological polar surface area (TPSA) is 58.7 Å². The van der Waals surface area contributed by atoms with E-state index in [0.717, 1.165) is 34.5 Å². The summed E-state index contributed by atoms with van der Waals surface area (Å²) in [6.07, 6.45) is 2.51. The van der Waals surface area contributed by atoms with Gasteiger partial charge in [-0.3, -0.25) is 10.1 Å². The number of benzene rings is 2. The SMILES string of the molecule is CCN(C)C=Nc1cc(C)c(Cc2cccc([N+](=O)[O-])c2)cc1C. The van der Waals surface area contributed by atoms with E-state index < -0.39 is 0 Å². The molecule has 5 heteroatoms. The monoisotopic (exact) mass is 325 g/mol. The predicted octanol–water partition coefficient (Wildman–Crippen LogP) is 4.41. The van der Waals surface area contributed by atoms with Crippen molar-refractivity contribution < 1.29 is 4.92 Å². The first kappa shape index (κ1) is 17.7. The number of nitrogens with zero attached hydrogens (tertiary/aromatic N) is 3. The summed E-state index contributed by atoms with van der Waals surface area (Å²) in [5.41, 5.74) is 5.42. The number of non-ortho nitro benzene ring substituents is 1. The minimum absolute atomic E-state index is 0.130. The zero-order valence-corrected chi connectivity index (χ0v) is 14.6. The Morgan fingerprint density at radius 1 is 1.21 bits per heavy atom. The molecular formula is C19H23N3O2. The van der Waals surface area contributed by atoms with Gasteiger partial charge in [-0.1, -0.05) is 18.2 Å². The second kappa shape index (κ2) is 7.73. The lowest BCUT2D eigenvalue weighted by Crippen LogP contribution is -2.14. The molecule has 0 atom stereocenters. The summed E-state index contributed by atoms with van der Waals surface area (Å²) >= 11 is 0. The van der Waals surface area contributed by atoms with Crippen molar-refractivity contribution in [1.82, 2.24) is 4.90 Å². The Bertz CT molecular complexity index is 769. The van der Waals surface area contributed by atoms with E-state index in [0.29, 0.717) is 6.42 Å². The molecule has 0 fully saturated rings. The smallest absolute Gasteiger partial charge is 0.269 e. The summed E-state index contributed by atoms with van der Waals surface area (Å²) in [5, 5.41) is 10.9. The maximum absolute atomic E-state index is 10.9. The van der Waals surface area contributed by atoms with Gasteiger partial charge in [0, 0.05) is 25.7 Å². The fourth-order valence-electron chi connectivity index (χ4n) is 2.43. The highest BCUT2D eigenvalue weighted by Crippen LogP contribution is 2.25. The molecule has 0 spiro atoms. The fourth-order valence-corrected chi connectivity index (χ4v) is 2.43. The number of aryl methyl sites for hydroxylation is 2. The van der Waals surface area contributed by atoms with Gasteiger partial charge >= 0.3 is 0 Å². The first-order valence-corrected chi connectivity index (χ1v) is 7.98. The van der Waals surface area contributed by atoms with Gasteiger partial charge in [-0.05, 0) is 55.5 Å². The second-order valence-electron chi connectivity index (χ2n) is 5.99. The van der Waals surface area contributed by atoms with E-state index in [1.54, 1.807) is 12.1 Å². The Morgan fingerprint density at radius 2 is 1.96 bits per heavy atom. The van der Waals surface area contributed by atoms with Gasteiger partial charge in [0.2, 0.25) is 0 Å². The molecule has 0 N–H and O–H groups in total. The van der Waals surface area contributed by atoms with E-state index in [-0.39, 0.29) is 10.6 Å². The minimum Gasteiger partial charge on any atom is -0.366 e. The van der Waals surface area contributed by atoms with Gasteiger partial charge in [0.15, 0.2) is 0 Å². The number of rotatable bonds is 6. The van der Waals surface area contributed by atoms with Crippen LogP contribution in [0.1, 0.15) is 29.2 Å². The van der Waals surface area contributed by atoms with Crippen LogP contribution in [0.25, 0.3) is 0 Å². The minimum atomic E-state index is -0.357. The first-order chi connectivity index (χ1) is 11.4. The van der Waals surface area contributed by atoms with Crippen molar-refractivity contribution >= 4 is 17.7 Å². The van der Waals surface area contributed by atoms with Crippen LogP contribution in [0.15, 0.2) is 41.4 Å². The van der Waals surface area contributed by atoms with Crippen molar-refractivity contribution in [2.24, 2.45) is 4.99 Å². The molecule has 0 radical (unpaired) electrons. The Morgan fingerprint density at radius 3 is 2.62 bits per heavy atom. The molecule has 2 aromatic carbocycles. The maximum Gasteiger partial charge on any atom is 0.269 e. The Labute approximate surface area is 142 Å². The third-order valence-corrected chi connectivity index (χ3v) is 4.06. The van der Waals surface area contributed by atoms with Crippen LogP contribution in [-0.2, 0) is 6.42 Å². The van der Waals surface area contributed by atoms with E-state index in [9.17, 15) is 10.1 Å². The molecule has 5 nitrogen and oxygen atoms in total. The van der Waals surface area contributed by atoms with E-state index in [1.165, 1.54) is 6.07 Å². The van der Waals surface area contributed by atoms with Crippen molar-refractivity contribution in [2.75, 3.05) is 13.6 Å². The summed E-state index contributed by atoms with van der Waals surface area (Å²) in [4.78, 5) is 17.1. The molecule has 0 aliphatic carbocycles. The number of hydrogen-bond acceptors (Lipinski definition) is 3. The molecule has 0 amide bonds. The van der Waals surface area contributed by atoms with E-state index in [2.05, 4.69) is 31.0 Å². The van der Waals surface area contributed by atoms with Crippen LogP contribution in [0.4, 0.5) is 11.4 Å². The molecule has 0 unspecified atom stereocenters. The lowest BCUT2D eigenvalue weighted by atomic mass is 9.97.